The van der Waals surface area contributed by atoms with Crippen molar-refractivity contribution in [2.75, 3.05) is 53.2 Å². The molecule has 0 heterocycles. The van der Waals surface area contributed by atoms with E-state index in [4.69, 9.17) is 13.3 Å². The van der Waals surface area contributed by atoms with Gasteiger partial charge in [0.15, 0.2) is 0 Å². The highest BCUT2D eigenvalue weighted by atomic mass is 28.4. The van der Waals surface area contributed by atoms with Crippen molar-refractivity contribution in [1.82, 2.24) is 10.2 Å². The van der Waals surface area contributed by atoms with Crippen molar-refractivity contribution < 1.29 is 13.3 Å². The zero-order valence-corrected chi connectivity index (χ0v) is 12.9. The van der Waals surface area contributed by atoms with Crippen molar-refractivity contribution in [3.8, 4) is 0 Å². The molecule has 0 aromatic heterocycles. The summed E-state index contributed by atoms with van der Waals surface area (Å²) in [4.78, 5) is 2.20. The van der Waals surface area contributed by atoms with Gasteiger partial charge in [0.2, 0.25) is 0 Å². The van der Waals surface area contributed by atoms with Crippen molar-refractivity contribution in [3.63, 3.8) is 0 Å². The molecule has 0 amide bonds. The Bertz CT molecular complexity index is 167. The first-order valence-electron chi connectivity index (χ1n) is 6.39. The average Bonchev–Trinajstić information content (AvgIpc) is 2.27. The largest absolute Gasteiger partial charge is 0.515 e. The van der Waals surface area contributed by atoms with Crippen LogP contribution in [0.4, 0.5) is 0 Å². The van der Waals surface area contributed by atoms with Crippen LogP contribution in [-0.2, 0) is 13.3 Å². The number of hydrogen-bond donors (Lipinski definition) is 1. The highest BCUT2D eigenvalue weighted by molar-refractivity contribution is 6.60. The van der Waals surface area contributed by atoms with Crippen molar-refractivity contribution in [2.45, 2.75) is 20.8 Å². The van der Waals surface area contributed by atoms with Gasteiger partial charge in [0, 0.05) is 32.9 Å². The van der Waals surface area contributed by atoms with Crippen molar-refractivity contribution in [1.29, 1.82) is 0 Å². The fourth-order valence-corrected chi connectivity index (χ4v) is 4.30. The SMILES string of the molecule is CCO[Si](CN(C)CCNC)(OCC)OCC. The van der Waals surface area contributed by atoms with E-state index in [1.54, 1.807) is 0 Å². The second kappa shape index (κ2) is 9.99. The maximum atomic E-state index is 5.79. The molecule has 0 radical (unpaired) electrons. The van der Waals surface area contributed by atoms with E-state index in [0.717, 1.165) is 19.3 Å². The van der Waals surface area contributed by atoms with E-state index >= 15 is 0 Å². The molecule has 17 heavy (non-hydrogen) atoms. The Kier molecular flexibility index (Phi) is 10.00. The Balaban J connectivity index is 4.40. The summed E-state index contributed by atoms with van der Waals surface area (Å²) in [6.07, 6.45) is 0.740. The van der Waals surface area contributed by atoms with E-state index in [-0.39, 0.29) is 0 Å². The number of nitrogens with one attached hydrogen (secondary N) is 1. The molecule has 0 fully saturated rings. The van der Waals surface area contributed by atoms with Crippen LogP contribution in [0.25, 0.3) is 0 Å². The molecule has 0 atom stereocenters. The molecule has 6 heteroatoms. The summed E-state index contributed by atoms with van der Waals surface area (Å²) in [7, 11) is 1.51. The fraction of sp³-hybridized carbons (Fsp3) is 1.00. The summed E-state index contributed by atoms with van der Waals surface area (Å²) in [5.41, 5.74) is 0. The number of rotatable bonds is 11. The summed E-state index contributed by atoms with van der Waals surface area (Å²) in [5.74, 6) is 0. The zero-order chi connectivity index (χ0) is 13.1. The van der Waals surface area contributed by atoms with Crippen molar-refractivity contribution in [2.24, 2.45) is 0 Å². The molecule has 0 unspecified atom stereocenters. The first-order valence-corrected chi connectivity index (χ1v) is 8.32. The average molecular weight is 264 g/mol. The second-order valence-corrected chi connectivity index (χ2v) is 6.37. The Morgan fingerprint density at radius 1 is 1.00 bits per heavy atom. The fourth-order valence-electron chi connectivity index (χ4n) is 1.63. The van der Waals surface area contributed by atoms with Crippen LogP contribution >= 0.6 is 0 Å². The van der Waals surface area contributed by atoms with Gasteiger partial charge in [0.25, 0.3) is 0 Å². The molecule has 0 saturated heterocycles. The third-order valence-electron chi connectivity index (χ3n) is 2.30. The van der Waals surface area contributed by atoms with Crippen LogP contribution in [-0.4, -0.2) is 66.9 Å². The zero-order valence-electron chi connectivity index (χ0n) is 11.9. The summed E-state index contributed by atoms with van der Waals surface area (Å²) >= 11 is 0. The lowest BCUT2D eigenvalue weighted by molar-refractivity contribution is 0.0598. The van der Waals surface area contributed by atoms with Gasteiger partial charge >= 0.3 is 8.80 Å². The van der Waals surface area contributed by atoms with E-state index in [2.05, 4.69) is 17.3 Å². The molecule has 0 aliphatic carbocycles. The van der Waals surface area contributed by atoms with E-state index in [1.165, 1.54) is 0 Å². The van der Waals surface area contributed by atoms with Gasteiger partial charge in [0.05, 0.1) is 6.17 Å². The second-order valence-electron chi connectivity index (χ2n) is 3.82. The molecular weight excluding hydrogens is 236 g/mol. The summed E-state index contributed by atoms with van der Waals surface area (Å²) in [6, 6.07) is 0. The van der Waals surface area contributed by atoms with Gasteiger partial charge in [-0.2, -0.15) is 0 Å². The smallest absolute Gasteiger partial charge is 0.373 e. The van der Waals surface area contributed by atoms with E-state index in [1.807, 2.05) is 27.8 Å². The Morgan fingerprint density at radius 2 is 1.47 bits per heavy atom. The van der Waals surface area contributed by atoms with Crippen molar-refractivity contribution >= 4 is 8.80 Å². The molecular formula is C11H28N2O3Si. The number of hydrogen-bond acceptors (Lipinski definition) is 5. The van der Waals surface area contributed by atoms with Gasteiger partial charge in [-0.1, -0.05) is 0 Å². The minimum atomic E-state index is -2.51. The van der Waals surface area contributed by atoms with E-state index < -0.39 is 8.80 Å². The molecule has 0 bridgehead atoms. The van der Waals surface area contributed by atoms with Crippen LogP contribution in [0.15, 0.2) is 0 Å². The molecule has 0 aliphatic rings. The lowest BCUT2D eigenvalue weighted by Crippen LogP contribution is -2.55. The van der Waals surface area contributed by atoms with Gasteiger partial charge < -0.3 is 23.5 Å². The van der Waals surface area contributed by atoms with E-state index in [0.29, 0.717) is 19.8 Å². The van der Waals surface area contributed by atoms with Crippen LogP contribution in [0, 0.1) is 0 Å². The Hall–Kier alpha value is 0.0169. The topological polar surface area (TPSA) is 43.0 Å². The molecule has 5 nitrogen and oxygen atoms in total. The van der Waals surface area contributed by atoms with Crippen LogP contribution < -0.4 is 5.32 Å². The molecule has 0 saturated carbocycles. The molecule has 0 aliphatic heterocycles. The predicted octanol–water partition coefficient (Wildman–Crippen LogP) is 0.725. The van der Waals surface area contributed by atoms with Gasteiger partial charge in [-0.3, -0.25) is 0 Å². The molecule has 0 aromatic rings. The third-order valence-corrected chi connectivity index (χ3v) is 5.41. The first-order chi connectivity index (χ1) is 8.14. The molecule has 1 N–H and O–H groups in total. The quantitative estimate of drug-likeness (QED) is 0.557. The summed E-state index contributed by atoms with van der Waals surface area (Å²) in [5, 5.41) is 3.13. The van der Waals surface area contributed by atoms with Crippen LogP contribution in [0.1, 0.15) is 20.8 Å². The molecule has 104 valence electrons. The van der Waals surface area contributed by atoms with E-state index in [9.17, 15) is 0 Å². The molecule has 0 rings (SSSR count). The lowest BCUT2D eigenvalue weighted by Gasteiger charge is -2.31. The predicted molar refractivity (Wildman–Crippen MR) is 72.1 cm³/mol. The monoisotopic (exact) mass is 264 g/mol. The van der Waals surface area contributed by atoms with Crippen LogP contribution in [0.5, 0.6) is 0 Å². The van der Waals surface area contributed by atoms with Gasteiger partial charge in [0.1, 0.15) is 0 Å². The molecule has 0 spiro atoms. The summed E-state index contributed by atoms with van der Waals surface area (Å²) < 4.78 is 17.4. The Morgan fingerprint density at radius 3 is 1.82 bits per heavy atom. The minimum absolute atomic E-state index is 0.631. The highest BCUT2D eigenvalue weighted by Gasteiger charge is 2.41. The number of nitrogens with zero attached hydrogens (tertiary/aromatic N) is 1. The van der Waals surface area contributed by atoms with Crippen LogP contribution in [0.3, 0.4) is 0 Å². The van der Waals surface area contributed by atoms with Gasteiger partial charge in [-0.15, -0.1) is 0 Å². The van der Waals surface area contributed by atoms with Gasteiger partial charge in [-0.25, -0.2) is 0 Å². The third kappa shape index (κ3) is 7.12. The first kappa shape index (κ1) is 17.0. The summed E-state index contributed by atoms with van der Waals surface area (Å²) in [6.45, 7) is 9.74. The standard InChI is InChI=1S/C11H28N2O3Si/c1-6-14-17(15-7-2,16-8-3)11-13(5)10-9-12-4/h12H,6-11H2,1-5H3. The molecule has 0 aromatic carbocycles. The minimum Gasteiger partial charge on any atom is -0.373 e. The highest BCUT2D eigenvalue weighted by Crippen LogP contribution is 2.11. The number of likely N-dealkylation sites (N-methyl/N-ethyl adjacent to an activating group) is 2. The normalized spacial score (nSPS) is 12.4. The van der Waals surface area contributed by atoms with Crippen LogP contribution in [0.2, 0.25) is 0 Å². The van der Waals surface area contributed by atoms with Crippen molar-refractivity contribution in [3.05, 3.63) is 0 Å². The maximum absolute atomic E-state index is 5.79. The van der Waals surface area contributed by atoms with Gasteiger partial charge in [-0.05, 0) is 34.9 Å². The lowest BCUT2D eigenvalue weighted by atomic mass is 10.6. The Labute approximate surface area is 107 Å². The maximum Gasteiger partial charge on any atom is 0.515 e.